The van der Waals surface area contributed by atoms with E-state index in [1.54, 1.807) is 0 Å². The van der Waals surface area contributed by atoms with Crippen molar-refractivity contribution in [2.24, 2.45) is 0 Å². The lowest BCUT2D eigenvalue weighted by atomic mass is 9.92. The third kappa shape index (κ3) is 1.39. The summed E-state index contributed by atoms with van der Waals surface area (Å²) in [5, 5.41) is 8.45. The molecule has 0 fully saturated rings. The fourth-order valence-corrected chi connectivity index (χ4v) is 1.37. The molecule has 0 aromatic carbocycles. The van der Waals surface area contributed by atoms with Gasteiger partial charge in [-0.2, -0.15) is 0 Å². The third-order valence-corrected chi connectivity index (χ3v) is 2.30. The molecule has 0 heterocycles. The van der Waals surface area contributed by atoms with E-state index in [1.807, 2.05) is 6.92 Å². The van der Waals surface area contributed by atoms with Crippen LogP contribution in [0.4, 0.5) is 0 Å². The minimum absolute atomic E-state index is 0.0336. The lowest BCUT2D eigenvalue weighted by Gasteiger charge is -2.21. The van der Waals surface area contributed by atoms with Crippen LogP contribution < -0.4 is 0 Å². The van der Waals surface area contributed by atoms with Gasteiger partial charge in [-0.05, 0) is 38.7 Å². The molecule has 2 heteroatoms. The van der Waals surface area contributed by atoms with Crippen molar-refractivity contribution in [3.8, 4) is 0 Å². The average molecular weight is 142 g/mol. The van der Waals surface area contributed by atoms with Crippen molar-refractivity contribution in [3.63, 3.8) is 0 Å². The van der Waals surface area contributed by atoms with Gasteiger partial charge in [0.15, 0.2) is 0 Å². The molecule has 0 spiro atoms. The molecule has 1 aliphatic carbocycles. The highest BCUT2D eigenvalue weighted by molar-refractivity contribution is 5.16. The van der Waals surface area contributed by atoms with E-state index in [1.165, 1.54) is 11.1 Å². The van der Waals surface area contributed by atoms with Crippen LogP contribution >= 0.6 is 0 Å². The Morgan fingerprint density at radius 1 is 1.50 bits per heavy atom. The van der Waals surface area contributed by atoms with Crippen molar-refractivity contribution in [2.75, 3.05) is 0 Å². The van der Waals surface area contributed by atoms with Crippen LogP contribution in [0.25, 0.3) is 0 Å². The zero-order valence-corrected chi connectivity index (χ0v) is 6.55. The lowest BCUT2D eigenvalue weighted by Crippen LogP contribution is -2.17. The summed E-state index contributed by atoms with van der Waals surface area (Å²) < 4.78 is 0. The normalized spacial score (nSPS) is 27.3. The van der Waals surface area contributed by atoms with Gasteiger partial charge in [0, 0.05) is 0 Å². The topological polar surface area (TPSA) is 29.5 Å². The predicted molar refractivity (Wildman–Crippen MR) is 39.7 cm³/mol. The standard InChI is InChI=1S/C8H14O2/c1-6-4-3-5-8(10-9)7(6)2/h8-9H,3-5H2,1-2H3. The molecule has 0 aromatic rings. The maximum atomic E-state index is 8.45. The first-order chi connectivity index (χ1) is 4.75. The van der Waals surface area contributed by atoms with Crippen molar-refractivity contribution in [2.45, 2.75) is 39.2 Å². The Labute approximate surface area is 61.4 Å². The van der Waals surface area contributed by atoms with Crippen LogP contribution in [-0.2, 0) is 4.89 Å². The SMILES string of the molecule is CC1=C(C)C(OO)CCC1. The van der Waals surface area contributed by atoms with Gasteiger partial charge < -0.3 is 0 Å². The molecule has 0 aliphatic heterocycles. The Balaban J connectivity index is 2.68. The minimum atomic E-state index is -0.0336. The zero-order chi connectivity index (χ0) is 7.56. The van der Waals surface area contributed by atoms with E-state index in [2.05, 4.69) is 11.8 Å². The van der Waals surface area contributed by atoms with Crippen LogP contribution in [0.3, 0.4) is 0 Å². The van der Waals surface area contributed by atoms with Gasteiger partial charge in [-0.15, -0.1) is 0 Å². The molecule has 1 atom stereocenters. The fraction of sp³-hybridized carbons (Fsp3) is 0.750. The molecule has 58 valence electrons. The number of hydrogen-bond acceptors (Lipinski definition) is 2. The maximum absolute atomic E-state index is 8.45. The first-order valence-corrected chi connectivity index (χ1v) is 3.72. The monoisotopic (exact) mass is 142 g/mol. The average Bonchev–Trinajstić information content (AvgIpc) is 1.95. The van der Waals surface area contributed by atoms with E-state index in [-0.39, 0.29) is 6.10 Å². The molecule has 0 saturated heterocycles. The number of hydrogen-bond donors (Lipinski definition) is 1. The second kappa shape index (κ2) is 3.17. The van der Waals surface area contributed by atoms with Crippen LogP contribution in [-0.4, -0.2) is 11.4 Å². The predicted octanol–water partition coefficient (Wildman–Crippen LogP) is 2.36. The van der Waals surface area contributed by atoms with Gasteiger partial charge in [0.2, 0.25) is 0 Å². The van der Waals surface area contributed by atoms with Crippen molar-refractivity contribution in [3.05, 3.63) is 11.1 Å². The van der Waals surface area contributed by atoms with Crippen LogP contribution in [0, 0.1) is 0 Å². The van der Waals surface area contributed by atoms with Crippen molar-refractivity contribution < 1.29 is 10.1 Å². The molecule has 1 unspecified atom stereocenters. The highest BCUT2D eigenvalue weighted by atomic mass is 17.1. The van der Waals surface area contributed by atoms with Gasteiger partial charge in [-0.3, -0.25) is 5.26 Å². The molecule has 0 aromatic heterocycles. The van der Waals surface area contributed by atoms with Gasteiger partial charge >= 0.3 is 0 Å². The second-order valence-electron chi connectivity index (χ2n) is 2.95. The summed E-state index contributed by atoms with van der Waals surface area (Å²) in [5.74, 6) is 0. The summed E-state index contributed by atoms with van der Waals surface area (Å²) in [6.45, 7) is 4.12. The first kappa shape index (κ1) is 7.76. The largest absolute Gasteiger partial charge is 0.251 e. The molecule has 10 heavy (non-hydrogen) atoms. The summed E-state index contributed by atoms with van der Waals surface area (Å²) in [4.78, 5) is 4.32. The van der Waals surface area contributed by atoms with Gasteiger partial charge in [0.25, 0.3) is 0 Å². The fourth-order valence-electron chi connectivity index (χ4n) is 1.37. The molecule has 1 rings (SSSR count). The van der Waals surface area contributed by atoms with Crippen LogP contribution in [0.15, 0.2) is 11.1 Å². The van der Waals surface area contributed by atoms with E-state index >= 15 is 0 Å². The summed E-state index contributed by atoms with van der Waals surface area (Å²) in [7, 11) is 0. The summed E-state index contributed by atoms with van der Waals surface area (Å²) in [6.07, 6.45) is 3.22. The minimum Gasteiger partial charge on any atom is -0.251 e. The smallest absolute Gasteiger partial charge is 0.114 e. The highest BCUT2D eigenvalue weighted by Crippen LogP contribution is 2.25. The molecule has 0 bridgehead atoms. The van der Waals surface area contributed by atoms with E-state index < -0.39 is 0 Å². The Morgan fingerprint density at radius 3 is 2.70 bits per heavy atom. The lowest BCUT2D eigenvalue weighted by molar-refractivity contribution is -0.270. The van der Waals surface area contributed by atoms with Crippen molar-refractivity contribution in [1.82, 2.24) is 0 Å². The Bertz CT molecular complexity index is 149. The van der Waals surface area contributed by atoms with Crippen molar-refractivity contribution >= 4 is 0 Å². The molecular weight excluding hydrogens is 128 g/mol. The summed E-state index contributed by atoms with van der Waals surface area (Å²) in [6, 6.07) is 0. The molecule has 1 aliphatic rings. The van der Waals surface area contributed by atoms with Gasteiger partial charge in [-0.25, -0.2) is 4.89 Å². The highest BCUT2D eigenvalue weighted by Gasteiger charge is 2.17. The molecule has 0 saturated carbocycles. The van der Waals surface area contributed by atoms with E-state index in [4.69, 9.17) is 5.26 Å². The van der Waals surface area contributed by atoms with Gasteiger partial charge in [0.1, 0.15) is 6.10 Å². The van der Waals surface area contributed by atoms with Crippen LogP contribution in [0.2, 0.25) is 0 Å². The Kier molecular flexibility index (Phi) is 2.46. The van der Waals surface area contributed by atoms with E-state index in [0.717, 1.165) is 19.3 Å². The van der Waals surface area contributed by atoms with Crippen LogP contribution in [0.5, 0.6) is 0 Å². The quantitative estimate of drug-likeness (QED) is 0.346. The summed E-state index contributed by atoms with van der Waals surface area (Å²) in [5.41, 5.74) is 2.57. The first-order valence-electron chi connectivity index (χ1n) is 3.72. The number of allylic oxidation sites excluding steroid dienone is 1. The Morgan fingerprint density at radius 2 is 2.20 bits per heavy atom. The van der Waals surface area contributed by atoms with E-state index in [0.29, 0.717) is 0 Å². The molecular formula is C8H14O2. The van der Waals surface area contributed by atoms with Gasteiger partial charge in [-0.1, -0.05) is 5.57 Å². The number of rotatable bonds is 1. The summed E-state index contributed by atoms with van der Waals surface area (Å²) >= 11 is 0. The molecule has 0 radical (unpaired) electrons. The zero-order valence-electron chi connectivity index (χ0n) is 6.55. The van der Waals surface area contributed by atoms with Gasteiger partial charge in [0.05, 0.1) is 0 Å². The third-order valence-electron chi connectivity index (χ3n) is 2.30. The Hall–Kier alpha value is -0.340. The van der Waals surface area contributed by atoms with Crippen molar-refractivity contribution in [1.29, 1.82) is 0 Å². The molecule has 2 nitrogen and oxygen atoms in total. The second-order valence-corrected chi connectivity index (χ2v) is 2.95. The maximum Gasteiger partial charge on any atom is 0.114 e. The molecule has 0 amide bonds. The molecule has 1 N–H and O–H groups in total. The van der Waals surface area contributed by atoms with E-state index in [9.17, 15) is 0 Å². The van der Waals surface area contributed by atoms with Crippen LogP contribution in [0.1, 0.15) is 33.1 Å².